The molecule has 2 nitrogen and oxygen atoms in total. The van der Waals surface area contributed by atoms with Crippen LogP contribution >= 0.6 is 0 Å². The Kier molecular flexibility index (Phi) is 7.90. The molecule has 3 heteroatoms. The van der Waals surface area contributed by atoms with E-state index in [1.54, 1.807) is 0 Å². The third-order valence-corrected chi connectivity index (χ3v) is 2.13. The summed E-state index contributed by atoms with van der Waals surface area (Å²) in [5.74, 6) is 0.495. The van der Waals surface area contributed by atoms with Crippen LogP contribution in [0.25, 0.3) is 0 Å². The molecule has 0 aliphatic rings. The van der Waals surface area contributed by atoms with Gasteiger partial charge in [-0.25, -0.2) is 0 Å². The zero-order valence-corrected chi connectivity index (χ0v) is 8.84. The molecule has 0 aromatic carbocycles. The number of hydrogen-bond donors (Lipinski definition) is 2. The van der Waals surface area contributed by atoms with E-state index in [4.69, 9.17) is 5.11 Å². The summed E-state index contributed by atoms with van der Waals surface area (Å²) >= 11 is 0. The minimum atomic E-state index is 0.299. The zero-order chi connectivity index (χ0) is 10.1. The molecule has 0 aromatic heterocycles. The van der Waals surface area contributed by atoms with Crippen molar-refractivity contribution in [3.63, 3.8) is 0 Å². The molecule has 0 saturated heterocycles. The predicted octanol–water partition coefficient (Wildman–Crippen LogP) is 1.95. The summed E-state index contributed by atoms with van der Waals surface area (Å²) in [5.41, 5.74) is 1.08. The summed E-state index contributed by atoms with van der Waals surface area (Å²) in [6.45, 7) is 8.52. The van der Waals surface area contributed by atoms with E-state index in [-0.39, 0.29) is 0 Å². The molecule has 0 amide bonds. The maximum absolute atomic E-state index is 8.61. The van der Waals surface area contributed by atoms with Crippen molar-refractivity contribution in [2.24, 2.45) is 5.92 Å². The van der Waals surface area contributed by atoms with E-state index in [9.17, 15) is 0 Å². The molecule has 0 aliphatic carbocycles. The Morgan fingerprint density at radius 3 is 2.77 bits per heavy atom. The highest BCUT2D eigenvalue weighted by Gasteiger charge is 2.05. The summed E-state index contributed by atoms with van der Waals surface area (Å²) < 4.78 is 0. The van der Waals surface area contributed by atoms with Crippen LogP contribution in [0.2, 0.25) is 6.32 Å². The summed E-state index contributed by atoms with van der Waals surface area (Å²) in [7, 11) is 2.02. The van der Waals surface area contributed by atoms with E-state index in [0.29, 0.717) is 12.5 Å². The van der Waals surface area contributed by atoms with Crippen molar-refractivity contribution in [2.45, 2.75) is 39.4 Å². The van der Waals surface area contributed by atoms with Gasteiger partial charge in [-0.05, 0) is 24.5 Å². The first kappa shape index (κ1) is 12.6. The Morgan fingerprint density at radius 2 is 2.23 bits per heavy atom. The van der Waals surface area contributed by atoms with E-state index in [1.165, 1.54) is 0 Å². The molecule has 13 heavy (non-hydrogen) atoms. The highest BCUT2D eigenvalue weighted by atomic mass is 16.2. The highest BCUT2D eigenvalue weighted by Crippen LogP contribution is 2.13. The first-order valence-electron chi connectivity index (χ1n) is 5.10. The van der Waals surface area contributed by atoms with E-state index in [0.717, 1.165) is 31.3 Å². The molecule has 2 N–H and O–H groups in total. The Hall–Kier alpha value is -0.435. The van der Waals surface area contributed by atoms with Crippen LogP contribution in [0.3, 0.4) is 0 Å². The number of hydrogen-bond acceptors (Lipinski definition) is 2. The first-order valence-corrected chi connectivity index (χ1v) is 5.10. The number of aliphatic hydroxyl groups excluding tert-OH is 1. The minimum absolute atomic E-state index is 0.299. The zero-order valence-electron chi connectivity index (χ0n) is 8.84. The largest absolute Gasteiger partial charge is 0.435 e. The highest BCUT2D eigenvalue weighted by molar-refractivity contribution is 6.32. The maximum Gasteiger partial charge on any atom is 0.242 e. The second kappa shape index (κ2) is 8.18. The number of aliphatic hydroxyl groups is 1. The third kappa shape index (κ3) is 6.70. The SMILES string of the molecule is C=C(N[B]CC)C(C)CCCCO. The standard InChI is InChI=1S/C10H21BNO/c1-4-11-12-10(3)9(2)7-5-6-8-13/h9,12-13H,3-8H2,1-2H3. The van der Waals surface area contributed by atoms with Crippen molar-refractivity contribution in [1.82, 2.24) is 5.23 Å². The van der Waals surface area contributed by atoms with Crippen LogP contribution in [-0.2, 0) is 0 Å². The number of nitrogens with one attached hydrogen (secondary N) is 1. The lowest BCUT2D eigenvalue weighted by Gasteiger charge is -2.15. The molecule has 1 atom stereocenters. The van der Waals surface area contributed by atoms with Crippen molar-refractivity contribution < 1.29 is 5.11 Å². The lowest BCUT2D eigenvalue weighted by molar-refractivity contribution is 0.280. The fraction of sp³-hybridized carbons (Fsp3) is 0.800. The van der Waals surface area contributed by atoms with Gasteiger partial charge in [0.05, 0.1) is 0 Å². The number of allylic oxidation sites excluding steroid dienone is 1. The van der Waals surface area contributed by atoms with Gasteiger partial charge in [0.1, 0.15) is 0 Å². The smallest absolute Gasteiger partial charge is 0.242 e. The second-order valence-corrected chi connectivity index (χ2v) is 3.40. The van der Waals surface area contributed by atoms with Crippen molar-refractivity contribution in [3.05, 3.63) is 12.3 Å². The molecular formula is C10H21BNO. The third-order valence-electron chi connectivity index (χ3n) is 2.13. The monoisotopic (exact) mass is 182 g/mol. The lowest BCUT2D eigenvalue weighted by Crippen LogP contribution is -2.21. The van der Waals surface area contributed by atoms with Gasteiger partial charge in [-0.3, -0.25) is 0 Å². The van der Waals surface area contributed by atoms with Crippen molar-refractivity contribution >= 4 is 7.41 Å². The quantitative estimate of drug-likeness (QED) is 0.444. The van der Waals surface area contributed by atoms with Gasteiger partial charge in [0.2, 0.25) is 7.41 Å². The van der Waals surface area contributed by atoms with E-state index in [1.807, 2.05) is 7.41 Å². The van der Waals surface area contributed by atoms with Gasteiger partial charge in [0, 0.05) is 6.61 Å². The summed E-state index contributed by atoms with van der Waals surface area (Å²) in [5, 5.41) is 11.8. The molecule has 0 fully saturated rings. The molecule has 0 rings (SSSR count). The Labute approximate surface area is 82.7 Å². The molecule has 0 spiro atoms. The van der Waals surface area contributed by atoms with Crippen LogP contribution in [0, 0.1) is 5.92 Å². The van der Waals surface area contributed by atoms with Gasteiger partial charge < -0.3 is 10.3 Å². The minimum Gasteiger partial charge on any atom is -0.435 e. The fourth-order valence-electron chi connectivity index (χ4n) is 1.11. The molecule has 75 valence electrons. The van der Waals surface area contributed by atoms with Gasteiger partial charge in [0.25, 0.3) is 0 Å². The Balaban J connectivity index is 3.45. The van der Waals surface area contributed by atoms with E-state index >= 15 is 0 Å². The van der Waals surface area contributed by atoms with Gasteiger partial charge in [0.15, 0.2) is 0 Å². The van der Waals surface area contributed by atoms with E-state index < -0.39 is 0 Å². The molecule has 0 saturated carbocycles. The molecular weight excluding hydrogens is 161 g/mol. The van der Waals surface area contributed by atoms with Crippen LogP contribution < -0.4 is 5.23 Å². The number of unbranched alkanes of at least 4 members (excludes halogenated alkanes) is 1. The second-order valence-electron chi connectivity index (χ2n) is 3.40. The fourth-order valence-corrected chi connectivity index (χ4v) is 1.11. The molecule has 0 aromatic rings. The van der Waals surface area contributed by atoms with Crippen molar-refractivity contribution in [2.75, 3.05) is 6.61 Å². The lowest BCUT2D eigenvalue weighted by atomic mass is 9.88. The van der Waals surface area contributed by atoms with Crippen LogP contribution in [0.15, 0.2) is 12.3 Å². The normalized spacial score (nSPS) is 12.2. The van der Waals surface area contributed by atoms with Crippen LogP contribution in [0.1, 0.15) is 33.1 Å². The molecule has 1 radical (unpaired) electrons. The maximum atomic E-state index is 8.61. The topological polar surface area (TPSA) is 32.3 Å². The average Bonchev–Trinajstić information content (AvgIpc) is 2.14. The summed E-state index contributed by atoms with van der Waals surface area (Å²) in [4.78, 5) is 0. The molecule has 1 unspecified atom stereocenters. The predicted molar refractivity (Wildman–Crippen MR) is 58.6 cm³/mol. The Bertz CT molecular complexity index is 139. The van der Waals surface area contributed by atoms with Crippen LogP contribution in [0.4, 0.5) is 0 Å². The average molecular weight is 182 g/mol. The van der Waals surface area contributed by atoms with Crippen molar-refractivity contribution in [1.29, 1.82) is 0 Å². The van der Waals surface area contributed by atoms with Gasteiger partial charge in [-0.15, -0.1) is 0 Å². The summed E-state index contributed by atoms with van der Waals surface area (Å²) in [6.07, 6.45) is 4.09. The Morgan fingerprint density at radius 1 is 1.54 bits per heavy atom. The molecule has 0 heterocycles. The number of rotatable bonds is 8. The first-order chi connectivity index (χ1) is 6.22. The van der Waals surface area contributed by atoms with Gasteiger partial charge in [-0.2, -0.15) is 0 Å². The van der Waals surface area contributed by atoms with Crippen molar-refractivity contribution in [3.8, 4) is 0 Å². The van der Waals surface area contributed by atoms with Crippen LogP contribution in [-0.4, -0.2) is 19.1 Å². The van der Waals surface area contributed by atoms with Gasteiger partial charge >= 0.3 is 0 Å². The molecule has 0 bridgehead atoms. The van der Waals surface area contributed by atoms with E-state index in [2.05, 4.69) is 25.7 Å². The molecule has 0 aliphatic heterocycles. The summed E-state index contributed by atoms with van der Waals surface area (Å²) in [6, 6.07) is 0. The van der Waals surface area contributed by atoms with Gasteiger partial charge in [-0.1, -0.05) is 33.2 Å². The van der Waals surface area contributed by atoms with Crippen LogP contribution in [0.5, 0.6) is 0 Å².